The molecule has 1 heterocycles. The van der Waals surface area contributed by atoms with Crippen LogP contribution >= 0.6 is 11.3 Å². The summed E-state index contributed by atoms with van der Waals surface area (Å²) < 4.78 is 0. The van der Waals surface area contributed by atoms with Crippen molar-refractivity contribution < 1.29 is 4.79 Å². The second-order valence-electron chi connectivity index (χ2n) is 3.67. The van der Waals surface area contributed by atoms with Crippen molar-refractivity contribution in [3.05, 3.63) is 5.01 Å². The van der Waals surface area contributed by atoms with E-state index in [0.717, 1.165) is 0 Å². The minimum absolute atomic E-state index is 0.138. The molecule has 2 N–H and O–H groups in total. The predicted molar refractivity (Wildman–Crippen MR) is 61.2 cm³/mol. The lowest BCUT2D eigenvalue weighted by Gasteiger charge is -2.15. The lowest BCUT2D eigenvalue weighted by atomic mass is 10.1. The molecule has 1 amide bonds. The van der Waals surface area contributed by atoms with Crippen LogP contribution in [0.25, 0.3) is 0 Å². The number of amides is 1. The number of aromatic nitrogens is 2. The monoisotopic (exact) mass is 228 g/mol. The SMILES string of the molecule is CNc1nnc(C(=O)NC(C)C(C)C)s1. The number of hydrogen-bond acceptors (Lipinski definition) is 5. The van der Waals surface area contributed by atoms with Crippen LogP contribution in [0, 0.1) is 5.92 Å². The minimum atomic E-state index is -0.157. The van der Waals surface area contributed by atoms with E-state index in [1.807, 2.05) is 6.92 Å². The van der Waals surface area contributed by atoms with Gasteiger partial charge in [-0.15, -0.1) is 10.2 Å². The fraction of sp³-hybridized carbons (Fsp3) is 0.667. The average molecular weight is 228 g/mol. The van der Waals surface area contributed by atoms with Gasteiger partial charge < -0.3 is 10.6 Å². The maximum absolute atomic E-state index is 11.7. The van der Waals surface area contributed by atoms with Gasteiger partial charge in [0, 0.05) is 13.1 Å². The third-order valence-electron chi connectivity index (χ3n) is 2.19. The molecule has 1 rings (SSSR count). The lowest BCUT2D eigenvalue weighted by molar-refractivity contribution is 0.0929. The molecule has 15 heavy (non-hydrogen) atoms. The van der Waals surface area contributed by atoms with Gasteiger partial charge >= 0.3 is 0 Å². The topological polar surface area (TPSA) is 66.9 Å². The first-order valence-corrected chi connectivity index (χ1v) is 5.68. The summed E-state index contributed by atoms with van der Waals surface area (Å²) in [4.78, 5) is 11.7. The maximum Gasteiger partial charge on any atom is 0.282 e. The van der Waals surface area contributed by atoms with Gasteiger partial charge in [-0.05, 0) is 12.8 Å². The number of hydrogen-bond donors (Lipinski definition) is 2. The van der Waals surface area contributed by atoms with Crippen LogP contribution in [0.3, 0.4) is 0 Å². The molecule has 0 radical (unpaired) electrons. The number of rotatable bonds is 4. The highest BCUT2D eigenvalue weighted by Gasteiger charge is 2.16. The molecule has 0 aliphatic rings. The standard InChI is InChI=1S/C9H16N4OS/c1-5(2)6(3)11-7(14)8-12-13-9(10-4)15-8/h5-6H,1-4H3,(H,10,13)(H,11,14). The zero-order chi connectivity index (χ0) is 11.4. The van der Waals surface area contributed by atoms with Gasteiger partial charge in [0.2, 0.25) is 10.1 Å². The third-order valence-corrected chi connectivity index (χ3v) is 3.13. The lowest BCUT2D eigenvalue weighted by Crippen LogP contribution is -2.36. The Hall–Kier alpha value is -1.17. The van der Waals surface area contributed by atoms with Crippen LogP contribution in [0.1, 0.15) is 30.6 Å². The van der Waals surface area contributed by atoms with Crippen LogP contribution in [0.15, 0.2) is 0 Å². The minimum Gasteiger partial charge on any atom is -0.363 e. The summed E-state index contributed by atoms with van der Waals surface area (Å²) in [6.07, 6.45) is 0. The van der Waals surface area contributed by atoms with Crippen molar-refractivity contribution >= 4 is 22.4 Å². The number of carbonyl (C=O) groups is 1. The molecule has 0 spiro atoms. The molecule has 6 heteroatoms. The zero-order valence-electron chi connectivity index (χ0n) is 9.37. The van der Waals surface area contributed by atoms with E-state index in [0.29, 0.717) is 16.1 Å². The summed E-state index contributed by atoms with van der Waals surface area (Å²) in [5, 5.41) is 14.4. The zero-order valence-corrected chi connectivity index (χ0v) is 10.2. The molecule has 84 valence electrons. The fourth-order valence-corrected chi connectivity index (χ4v) is 1.45. The Balaban J connectivity index is 2.61. The summed E-state index contributed by atoms with van der Waals surface area (Å²) >= 11 is 1.25. The molecular weight excluding hydrogens is 212 g/mol. The molecular formula is C9H16N4OS. The molecule has 0 saturated carbocycles. The Labute approximate surface area is 93.3 Å². The van der Waals surface area contributed by atoms with E-state index < -0.39 is 0 Å². The van der Waals surface area contributed by atoms with Gasteiger partial charge in [0.05, 0.1) is 0 Å². The van der Waals surface area contributed by atoms with Crippen molar-refractivity contribution in [3.63, 3.8) is 0 Å². The molecule has 0 saturated heterocycles. The largest absolute Gasteiger partial charge is 0.363 e. The van der Waals surface area contributed by atoms with Gasteiger partial charge in [-0.1, -0.05) is 25.2 Å². The average Bonchev–Trinajstić information content (AvgIpc) is 2.65. The molecule has 1 aromatic heterocycles. The molecule has 1 aromatic rings. The second kappa shape index (κ2) is 5.06. The van der Waals surface area contributed by atoms with Gasteiger partial charge in [0.15, 0.2) is 0 Å². The smallest absolute Gasteiger partial charge is 0.282 e. The van der Waals surface area contributed by atoms with Gasteiger partial charge in [0.25, 0.3) is 5.91 Å². The summed E-state index contributed by atoms with van der Waals surface area (Å²) in [5.41, 5.74) is 0. The Morgan fingerprint density at radius 3 is 2.47 bits per heavy atom. The Morgan fingerprint density at radius 2 is 2.00 bits per heavy atom. The van der Waals surface area contributed by atoms with Crippen molar-refractivity contribution in [1.29, 1.82) is 0 Å². The molecule has 1 atom stereocenters. The highest BCUT2D eigenvalue weighted by Crippen LogP contribution is 2.14. The van der Waals surface area contributed by atoms with Crippen molar-refractivity contribution in [2.75, 3.05) is 12.4 Å². The molecule has 1 unspecified atom stereocenters. The Bertz CT molecular complexity index is 337. The van der Waals surface area contributed by atoms with E-state index in [4.69, 9.17) is 0 Å². The maximum atomic E-state index is 11.7. The quantitative estimate of drug-likeness (QED) is 0.816. The van der Waals surface area contributed by atoms with Crippen LogP contribution < -0.4 is 10.6 Å². The van der Waals surface area contributed by atoms with Gasteiger partial charge in [-0.3, -0.25) is 4.79 Å². The van der Waals surface area contributed by atoms with Crippen LogP contribution in [0.5, 0.6) is 0 Å². The first-order chi connectivity index (χ1) is 7.04. The summed E-state index contributed by atoms with van der Waals surface area (Å²) in [6.45, 7) is 6.09. The molecule has 0 aromatic carbocycles. The molecule has 0 aliphatic heterocycles. The first kappa shape index (κ1) is 11.9. The molecule has 0 aliphatic carbocycles. The fourth-order valence-electron chi connectivity index (χ4n) is 0.851. The van der Waals surface area contributed by atoms with Gasteiger partial charge in [0.1, 0.15) is 0 Å². The molecule has 5 nitrogen and oxygen atoms in total. The van der Waals surface area contributed by atoms with Gasteiger partial charge in [-0.2, -0.15) is 0 Å². The number of anilines is 1. The van der Waals surface area contributed by atoms with E-state index in [1.165, 1.54) is 11.3 Å². The van der Waals surface area contributed by atoms with E-state index >= 15 is 0 Å². The number of nitrogens with zero attached hydrogens (tertiary/aromatic N) is 2. The van der Waals surface area contributed by atoms with Crippen molar-refractivity contribution in [2.24, 2.45) is 5.92 Å². The van der Waals surface area contributed by atoms with Crippen molar-refractivity contribution in [1.82, 2.24) is 15.5 Å². The van der Waals surface area contributed by atoms with E-state index in [1.54, 1.807) is 7.05 Å². The van der Waals surface area contributed by atoms with E-state index in [2.05, 4.69) is 34.7 Å². The van der Waals surface area contributed by atoms with Crippen LogP contribution in [0.4, 0.5) is 5.13 Å². The Morgan fingerprint density at radius 1 is 1.33 bits per heavy atom. The van der Waals surface area contributed by atoms with Gasteiger partial charge in [-0.25, -0.2) is 0 Å². The van der Waals surface area contributed by atoms with Crippen LogP contribution in [-0.2, 0) is 0 Å². The summed E-state index contributed by atoms with van der Waals surface area (Å²) in [7, 11) is 1.75. The number of nitrogens with one attached hydrogen (secondary N) is 2. The van der Waals surface area contributed by atoms with Crippen LogP contribution in [0.2, 0.25) is 0 Å². The van der Waals surface area contributed by atoms with Crippen LogP contribution in [-0.4, -0.2) is 29.2 Å². The Kier molecular flexibility index (Phi) is 4.02. The first-order valence-electron chi connectivity index (χ1n) is 4.86. The predicted octanol–water partition coefficient (Wildman–Crippen LogP) is 1.35. The highest BCUT2D eigenvalue weighted by atomic mass is 32.1. The van der Waals surface area contributed by atoms with Crippen molar-refractivity contribution in [2.45, 2.75) is 26.8 Å². The van der Waals surface area contributed by atoms with Crippen molar-refractivity contribution in [3.8, 4) is 0 Å². The highest BCUT2D eigenvalue weighted by molar-refractivity contribution is 7.17. The third kappa shape index (κ3) is 3.16. The second-order valence-corrected chi connectivity index (χ2v) is 4.65. The van der Waals surface area contributed by atoms with E-state index in [-0.39, 0.29) is 11.9 Å². The molecule has 0 fully saturated rings. The normalized spacial score (nSPS) is 12.6. The summed E-state index contributed by atoms with van der Waals surface area (Å²) in [6, 6.07) is 0.138. The molecule has 0 bridgehead atoms. The number of carbonyl (C=O) groups excluding carboxylic acids is 1. The summed E-state index contributed by atoms with van der Waals surface area (Å²) in [5.74, 6) is 0.251. The van der Waals surface area contributed by atoms with E-state index in [9.17, 15) is 4.79 Å².